The van der Waals surface area contributed by atoms with Crippen LogP contribution in [0.2, 0.25) is 5.02 Å². The summed E-state index contributed by atoms with van der Waals surface area (Å²) in [6.07, 6.45) is 4.31. The second-order valence-corrected chi connectivity index (χ2v) is 8.31. The van der Waals surface area contributed by atoms with E-state index in [9.17, 15) is 14.7 Å². The molecule has 0 aliphatic heterocycles. The highest BCUT2D eigenvalue weighted by Crippen LogP contribution is 2.38. The van der Waals surface area contributed by atoms with Crippen molar-refractivity contribution in [1.82, 2.24) is 15.1 Å². The predicted molar refractivity (Wildman–Crippen MR) is 124 cm³/mol. The Morgan fingerprint density at radius 3 is 2.50 bits per heavy atom. The number of rotatable bonds is 5. The van der Waals surface area contributed by atoms with Crippen molar-refractivity contribution in [3.8, 4) is 17.0 Å². The second kappa shape index (κ2) is 9.44. The summed E-state index contributed by atoms with van der Waals surface area (Å²) >= 11 is 5.87. The molecule has 0 bridgehead atoms. The van der Waals surface area contributed by atoms with Crippen molar-refractivity contribution in [3.05, 3.63) is 64.8 Å². The van der Waals surface area contributed by atoms with E-state index in [1.54, 1.807) is 36.4 Å². The summed E-state index contributed by atoms with van der Waals surface area (Å²) in [6.45, 7) is 2.37. The third-order valence-electron chi connectivity index (χ3n) is 5.67. The molecule has 1 fully saturated rings. The summed E-state index contributed by atoms with van der Waals surface area (Å²) in [5, 5.41) is 21.3. The number of phenolic OH excluding ortho intramolecular Hbond substituents is 1. The number of aromatic nitrogens is 2. The lowest BCUT2D eigenvalue weighted by atomic mass is 10.0. The van der Waals surface area contributed by atoms with Crippen LogP contribution in [0.5, 0.6) is 5.75 Å². The summed E-state index contributed by atoms with van der Waals surface area (Å²) in [6, 6.07) is 13.0. The van der Waals surface area contributed by atoms with Gasteiger partial charge in [0.1, 0.15) is 5.75 Å². The van der Waals surface area contributed by atoms with E-state index in [1.165, 1.54) is 10.7 Å². The number of anilines is 1. The van der Waals surface area contributed by atoms with E-state index >= 15 is 0 Å². The first-order chi connectivity index (χ1) is 15.5. The van der Waals surface area contributed by atoms with Crippen LogP contribution in [-0.4, -0.2) is 33.4 Å². The van der Waals surface area contributed by atoms with Crippen molar-refractivity contribution in [2.24, 2.45) is 0 Å². The average molecular weight is 453 g/mol. The van der Waals surface area contributed by atoms with Gasteiger partial charge in [0.25, 0.3) is 5.91 Å². The Morgan fingerprint density at radius 1 is 1.12 bits per heavy atom. The molecule has 0 radical (unpaired) electrons. The van der Waals surface area contributed by atoms with E-state index in [4.69, 9.17) is 11.6 Å². The van der Waals surface area contributed by atoms with Crippen LogP contribution in [0, 0.1) is 0 Å². The molecule has 4 rings (SSSR count). The Hall–Kier alpha value is -3.32. The lowest BCUT2D eigenvalue weighted by Crippen LogP contribution is -2.30. The van der Waals surface area contributed by atoms with Crippen LogP contribution < -0.4 is 10.6 Å². The highest BCUT2D eigenvalue weighted by atomic mass is 35.5. The van der Waals surface area contributed by atoms with Crippen molar-refractivity contribution in [2.45, 2.75) is 38.5 Å². The van der Waals surface area contributed by atoms with Gasteiger partial charge in [0.2, 0.25) is 0 Å². The van der Waals surface area contributed by atoms with E-state index in [2.05, 4.69) is 15.7 Å². The van der Waals surface area contributed by atoms with Gasteiger partial charge in [-0.2, -0.15) is 9.78 Å². The first kappa shape index (κ1) is 21.9. The molecular weight excluding hydrogens is 428 g/mol. The number of hydrogen-bond acceptors (Lipinski definition) is 4. The van der Waals surface area contributed by atoms with E-state index in [0.29, 0.717) is 34.1 Å². The molecule has 1 saturated carbocycles. The highest BCUT2D eigenvalue weighted by molar-refractivity contribution is 6.30. The fraction of sp³-hybridized carbons (Fsp3) is 0.292. The molecule has 1 aliphatic carbocycles. The van der Waals surface area contributed by atoms with Gasteiger partial charge in [-0.05, 0) is 62.2 Å². The van der Waals surface area contributed by atoms with Gasteiger partial charge in [-0.3, -0.25) is 4.79 Å². The number of nitrogens with zero attached hydrogens (tertiary/aromatic N) is 2. The molecule has 32 heavy (non-hydrogen) atoms. The monoisotopic (exact) mass is 452 g/mol. The minimum Gasteiger partial charge on any atom is -0.507 e. The average Bonchev–Trinajstić information content (AvgIpc) is 3.44. The zero-order valence-corrected chi connectivity index (χ0v) is 18.5. The molecule has 0 unspecified atom stereocenters. The topological polar surface area (TPSA) is 96.3 Å². The van der Waals surface area contributed by atoms with Crippen molar-refractivity contribution >= 4 is 29.2 Å². The van der Waals surface area contributed by atoms with Gasteiger partial charge in [0.15, 0.2) is 0 Å². The number of aromatic hydroxyl groups is 1. The minimum absolute atomic E-state index is 0.0302. The Morgan fingerprint density at radius 2 is 1.84 bits per heavy atom. The number of nitrogens with one attached hydrogen (secondary N) is 2. The van der Waals surface area contributed by atoms with E-state index in [0.717, 1.165) is 31.4 Å². The number of hydrogen-bond donors (Lipinski definition) is 3. The quantitative estimate of drug-likeness (QED) is 0.483. The molecule has 1 aliphatic rings. The number of phenols is 1. The number of carbonyl (C=O) groups is 2. The second-order valence-electron chi connectivity index (χ2n) is 7.88. The van der Waals surface area contributed by atoms with Crippen LogP contribution in [-0.2, 0) is 0 Å². The lowest BCUT2D eigenvalue weighted by Gasteiger charge is -2.11. The van der Waals surface area contributed by atoms with Crippen molar-refractivity contribution in [3.63, 3.8) is 0 Å². The van der Waals surface area contributed by atoms with Crippen molar-refractivity contribution in [2.75, 3.05) is 11.9 Å². The Labute approximate surface area is 191 Å². The summed E-state index contributed by atoms with van der Waals surface area (Å²) in [7, 11) is 0. The summed E-state index contributed by atoms with van der Waals surface area (Å²) < 4.78 is 1.42. The molecule has 0 spiro atoms. The first-order valence-corrected chi connectivity index (χ1v) is 11.1. The van der Waals surface area contributed by atoms with Crippen LogP contribution in [0.3, 0.4) is 0 Å². The molecular formula is C24H25ClN4O3. The Bertz CT molecular complexity index is 1130. The molecule has 3 aromatic rings. The largest absolute Gasteiger partial charge is 0.507 e. The molecule has 1 heterocycles. The van der Waals surface area contributed by atoms with Gasteiger partial charge in [0, 0.05) is 40.4 Å². The summed E-state index contributed by atoms with van der Waals surface area (Å²) in [5.41, 5.74) is 2.79. The highest BCUT2D eigenvalue weighted by Gasteiger charge is 2.25. The zero-order valence-electron chi connectivity index (χ0n) is 17.8. The SMILES string of the molecule is CCNC(=O)n1nc(-c2ccc(NC(=O)c3ccc(Cl)cc3)cc2O)cc1C1CCCC1. The van der Waals surface area contributed by atoms with Crippen LogP contribution in [0.15, 0.2) is 48.5 Å². The van der Waals surface area contributed by atoms with Gasteiger partial charge >= 0.3 is 6.03 Å². The van der Waals surface area contributed by atoms with E-state index in [-0.39, 0.29) is 23.6 Å². The normalized spacial score (nSPS) is 13.8. The van der Waals surface area contributed by atoms with Crippen LogP contribution >= 0.6 is 11.6 Å². The van der Waals surface area contributed by atoms with Gasteiger partial charge in [-0.25, -0.2) is 4.79 Å². The van der Waals surface area contributed by atoms with Crippen LogP contribution in [0.4, 0.5) is 10.5 Å². The number of halogens is 1. The molecule has 8 heteroatoms. The standard InChI is InChI=1S/C24H25ClN4O3/c1-2-26-24(32)29-21(15-5-3-4-6-15)14-20(28-29)19-12-11-18(13-22(19)30)27-23(31)16-7-9-17(25)10-8-16/h7-15,30H,2-6H2,1H3,(H,26,32)(H,27,31). The fourth-order valence-electron chi connectivity index (χ4n) is 4.06. The molecule has 7 nitrogen and oxygen atoms in total. The molecule has 3 N–H and O–H groups in total. The summed E-state index contributed by atoms with van der Waals surface area (Å²) in [4.78, 5) is 25.0. The molecule has 0 atom stereocenters. The third-order valence-corrected chi connectivity index (χ3v) is 5.92. The van der Waals surface area contributed by atoms with Crippen LogP contribution in [0.1, 0.15) is 54.6 Å². The number of amides is 2. The third kappa shape index (κ3) is 4.62. The number of benzene rings is 2. The van der Waals surface area contributed by atoms with Gasteiger partial charge in [0.05, 0.1) is 11.4 Å². The minimum atomic E-state index is -0.308. The fourth-order valence-corrected chi connectivity index (χ4v) is 4.18. The lowest BCUT2D eigenvalue weighted by molar-refractivity contribution is 0.102. The maximum atomic E-state index is 12.6. The predicted octanol–water partition coefficient (Wildman–Crippen LogP) is 5.40. The first-order valence-electron chi connectivity index (χ1n) is 10.7. The van der Waals surface area contributed by atoms with Crippen molar-refractivity contribution < 1.29 is 14.7 Å². The Balaban J connectivity index is 1.59. The molecule has 166 valence electrons. The van der Waals surface area contributed by atoms with E-state index < -0.39 is 0 Å². The smallest absolute Gasteiger partial charge is 0.342 e. The maximum absolute atomic E-state index is 12.6. The van der Waals surface area contributed by atoms with Crippen LogP contribution in [0.25, 0.3) is 11.3 Å². The number of carbonyl (C=O) groups excluding carboxylic acids is 2. The molecule has 2 aromatic carbocycles. The van der Waals surface area contributed by atoms with Gasteiger partial charge in [-0.15, -0.1) is 0 Å². The molecule has 0 saturated heterocycles. The Kier molecular flexibility index (Phi) is 6.46. The van der Waals surface area contributed by atoms with Gasteiger partial charge < -0.3 is 15.7 Å². The van der Waals surface area contributed by atoms with Gasteiger partial charge in [-0.1, -0.05) is 24.4 Å². The molecule has 1 aromatic heterocycles. The van der Waals surface area contributed by atoms with E-state index in [1.807, 2.05) is 13.0 Å². The molecule has 2 amide bonds. The van der Waals surface area contributed by atoms with Crippen molar-refractivity contribution in [1.29, 1.82) is 0 Å². The summed E-state index contributed by atoms with van der Waals surface area (Å²) in [5.74, 6) is -0.0609. The zero-order chi connectivity index (χ0) is 22.7. The maximum Gasteiger partial charge on any atom is 0.342 e.